The predicted octanol–water partition coefficient (Wildman–Crippen LogP) is 12.3. The maximum atomic E-state index is 5.42. The average Bonchev–Trinajstić information content (AvgIpc) is 3.46. The summed E-state index contributed by atoms with van der Waals surface area (Å²) in [6.07, 6.45) is 0. The number of fused-ring (bicyclic) bond motifs is 7. The van der Waals surface area contributed by atoms with Gasteiger partial charge >= 0.3 is 0 Å². The Morgan fingerprint density at radius 1 is 0.440 bits per heavy atom. The van der Waals surface area contributed by atoms with E-state index >= 15 is 0 Å². The Bertz CT molecular complexity index is 2770. The Balaban J connectivity index is 1.33. The van der Waals surface area contributed by atoms with Crippen molar-refractivity contribution >= 4 is 32.3 Å². The minimum absolute atomic E-state index is 0.371. The highest BCUT2D eigenvalue weighted by Crippen LogP contribution is 2.55. The summed E-state index contributed by atoms with van der Waals surface area (Å²) in [5.74, 6) is 0.717. The lowest BCUT2D eigenvalue weighted by atomic mass is 9.72. The van der Waals surface area contributed by atoms with Gasteiger partial charge in [-0.05, 0) is 79.2 Å². The molecular formula is C48H32N2. The maximum Gasteiger partial charge on any atom is 0.160 e. The molecule has 50 heavy (non-hydrogen) atoms. The molecule has 1 aliphatic carbocycles. The molecule has 0 saturated carbocycles. The van der Waals surface area contributed by atoms with E-state index in [1.807, 2.05) is 6.07 Å². The molecule has 2 heteroatoms. The summed E-state index contributed by atoms with van der Waals surface area (Å²) in [6, 6.07) is 63.3. The van der Waals surface area contributed by atoms with Crippen molar-refractivity contribution < 1.29 is 0 Å². The molecule has 2 nitrogen and oxygen atoms in total. The summed E-state index contributed by atoms with van der Waals surface area (Å²) in [7, 11) is 0. The highest BCUT2D eigenvalue weighted by Gasteiger charge is 2.42. The van der Waals surface area contributed by atoms with Crippen LogP contribution in [0.25, 0.3) is 77.3 Å². The monoisotopic (exact) mass is 636 g/mol. The predicted molar refractivity (Wildman–Crippen MR) is 208 cm³/mol. The van der Waals surface area contributed by atoms with Crippen LogP contribution >= 0.6 is 0 Å². The second kappa shape index (κ2) is 11.1. The van der Waals surface area contributed by atoms with E-state index in [1.165, 1.54) is 60.1 Å². The van der Waals surface area contributed by atoms with E-state index in [1.54, 1.807) is 0 Å². The largest absolute Gasteiger partial charge is 0.228 e. The molecule has 1 aliphatic rings. The standard InChI is InChI=1S/C48H32N2/c1-48(35-19-6-3-7-20-35)41-26-13-12-23-38(41)39-24-14-25-40(46(39)48)42-30-43(50-47(49-42)32-16-4-2-5-17-32)45-37-22-11-9-18-33(37)29-34-28-27-31-15-8-10-21-36(31)44(34)45/h2-30H,1H3. The number of rotatable bonds is 4. The molecule has 9 aromatic rings. The molecule has 0 fully saturated rings. The van der Waals surface area contributed by atoms with Gasteiger partial charge in [0.1, 0.15) is 0 Å². The molecule has 1 aromatic heterocycles. The fourth-order valence-electron chi connectivity index (χ4n) is 8.42. The first-order valence-electron chi connectivity index (χ1n) is 17.3. The first kappa shape index (κ1) is 28.6. The van der Waals surface area contributed by atoms with Crippen molar-refractivity contribution in [1.82, 2.24) is 9.97 Å². The zero-order valence-corrected chi connectivity index (χ0v) is 27.6. The van der Waals surface area contributed by atoms with Crippen molar-refractivity contribution in [1.29, 1.82) is 0 Å². The van der Waals surface area contributed by atoms with Crippen molar-refractivity contribution in [2.24, 2.45) is 0 Å². The zero-order chi connectivity index (χ0) is 33.2. The van der Waals surface area contributed by atoms with E-state index in [-0.39, 0.29) is 5.41 Å². The van der Waals surface area contributed by atoms with Crippen molar-refractivity contribution in [3.8, 4) is 45.0 Å². The quantitative estimate of drug-likeness (QED) is 0.142. The Morgan fingerprint density at radius 3 is 1.90 bits per heavy atom. The fourth-order valence-corrected chi connectivity index (χ4v) is 8.42. The lowest BCUT2D eigenvalue weighted by Gasteiger charge is -2.30. The molecule has 1 unspecified atom stereocenters. The van der Waals surface area contributed by atoms with E-state index in [0.717, 1.165) is 28.1 Å². The van der Waals surface area contributed by atoms with Crippen molar-refractivity contribution in [2.45, 2.75) is 12.3 Å². The van der Waals surface area contributed by atoms with Gasteiger partial charge in [0, 0.05) is 22.1 Å². The highest BCUT2D eigenvalue weighted by atomic mass is 14.9. The second-order valence-corrected chi connectivity index (χ2v) is 13.5. The van der Waals surface area contributed by atoms with Crippen LogP contribution in [-0.4, -0.2) is 9.97 Å². The van der Waals surface area contributed by atoms with Crippen molar-refractivity contribution in [3.05, 3.63) is 193 Å². The lowest BCUT2D eigenvalue weighted by Crippen LogP contribution is -2.23. The third-order valence-electron chi connectivity index (χ3n) is 10.7. The van der Waals surface area contributed by atoms with Gasteiger partial charge in [0.05, 0.1) is 11.4 Å². The fraction of sp³-hybridized carbons (Fsp3) is 0.0417. The van der Waals surface area contributed by atoms with E-state index in [4.69, 9.17) is 9.97 Å². The maximum absolute atomic E-state index is 5.42. The van der Waals surface area contributed by atoms with Crippen LogP contribution in [0.5, 0.6) is 0 Å². The normalized spacial score (nSPS) is 15.0. The van der Waals surface area contributed by atoms with Gasteiger partial charge in [-0.2, -0.15) is 0 Å². The molecule has 10 rings (SSSR count). The van der Waals surface area contributed by atoms with Crippen LogP contribution in [0.2, 0.25) is 0 Å². The number of hydrogen-bond donors (Lipinski definition) is 0. The molecule has 0 spiro atoms. The smallest absolute Gasteiger partial charge is 0.160 e. The zero-order valence-electron chi connectivity index (χ0n) is 27.6. The Morgan fingerprint density at radius 2 is 1.06 bits per heavy atom. The summed E-state index contributed by atoms with van der Waals surface area (Å²) in [4.78, 5) is 10.8. The molecule has 1 atom stereocenters. The van der Waals surface area contributed by atoms with Crippen LogP contribution in [0.3, 0.4) is 0 Å². The molecule has 234 valence electrons. The number of nitrogens with zero attached hydrogens (tertiary/aromatic N) is 2. The Hall–Kier alpha value is -6.38. The first-order chi connectivity index (χ1) is 24.7. The molecule has 1 heterocycles. The Labute approximate surface area is 291 Å². The Kier molecular flexibility index (Phi) is 6.34. The molecule has 0 N–H and O–H groups in total. The van der Waals surface area contributed by atoms with E-state index in [2.05, 4.69) is 177 Å². The molecule has 0 aliphatic heterocycles. The van der Waals surface area contributed by atoms with Gasteiger partial charge in [-0.25, -0.2) is 9.97 Å². The minimum atomic E-state index is -0.371. The highest BCUT2D eigenvalue weighted by molar-refractivity contribution is 6.21. The number of benzene rings is 8. The molecule has 0 amide bonds. The van der Waals surface area contributed by atoms with Gasteiger partial charge in [0.15, 0.2) is 5.82 Å². The van der Waals surface area contributed by atoms with E-state index in [9.17, 15) is 0 Å². The molecule has 8 aromatic carbocycles. The third kappa shape index (κ3) is 4.22. The van der Waals surface area contributed by atoms with Gasteiger partial charge in [-0.3, -0.25) is 0 Å². The van der Waals surface area contributed by atoms with Crippen molar-refractivity contribution in [3.63, 3.8) is 0 Å². The minimum Gasteiger partial charge on any atom is -0.228 e. The molecule has 0 saturated heterocycles. The van der Waals surface area contributed by atoms with Crippen LogP contribution in [0.4, 0.5) is 0 Å². The molecular weight excluding hydrogens is 605 g/mol. The molecule has 0 bridgehead atoms. The van der Waals surface area contributed by atoms with Crippen LogP contribution < -0.4 is 0 Å². The average molecular weight is 637 g/mol. The topological polar surface area (TPSA) is 25.8 Å². The number of aromatic nitrogens is 2. The summed E-state index contributed by atoms with van der Waals surface area (Å²) < 4.78 is 0. The van der Waals surface area contributed by atoms with Crippen LogP contribution in [0.1, 0.15) is 23.6 Å². The SMILES string of the molecule is CC1(c2ccccc2)c2ccccc2-c2cccc(-c3cc(-c4c5ccccc5cc5ccc6ccccc6c45)nc(-c4ccccc4)n3)c21. The third-order valence-corrected chi connectivity index (χ3v) is 10.7. The van der Waals surface area contributed by atoms with E-state index < -0.39 is 0 Å². The number of hydrogen-bond acceptors (Lipinski definition) is 2. The van der Waals surface area contributed by atoms with Gasteiger partial charge in [0.2, 0.25) is 0 Å². The van der Waals surface area contributed by atoms with Gasteiger partial charge in [0.25, 0.3) is 0 Å². The summed E-state index contributed by atoms with van der Waals surface area (Å²) in [6.45, 7) is 2.38. The van der Waals surface area contributed by atoms with Crippen LogP contribution in [0, 0.1) is 0 Å². The summed E-state index contributed by atoms with van der Waals surface area (Å²) in [5.41, 5.74) is 11.1. The second-order valence-electron chi connectivity index (χ2n) is 13.5. The van der Waals surface area contributed by atoms with Crippen molar-refractivity contribution in [2.75, 3.05) is 0 Å². The van der Waals surface area contributed by atoms with Gasteiger partial charge in [-0.1, -0.05) is 164 Å². The van der Waals surface area contributed by atoms with Gasteiger partial charge < -0.3 is 0 Å². The summed E-state index contributed by atoms with van der Waals surface area (Å²) in [5, 5.41) is 7.22. The summed E-state index contributed by atoms with van der Waals surface area (Å²) >= 11 is 0. The van der Waals surface area contributed by atoms with Crippen LogP contribution in [-0.2, 0) is 5.41 Å². The van der Waals surface area contributed by atoms with Crippen LogP contribution in [0.15, 0.2) is 176 Å². The van der Waals surface area contributed by atoms with Gasteiger partial charge in [-0.15, -0.1) is 0 Å². The van der Waals surface area contributed by atoms with E-state index in [0.29, 0.717) is 5.82 Å². The lowest BCUT2D eigenvalue weighted by molar-refractivity contribution is 0.715. The molecule has 0 radical (unpaired) electrons. The first-order valence-corrected chi connectivity index (χ1v) is 17.3.